The number of aliphatic hydroxyl groups excluding tert-OH is 1. The Morgan fingerprint density at radius 1 is 1.25 bits per heavy atom. The molecule has 2 aliphatic heterocycles. The summed E-state index contributed by atoms with van der Waals surface area (Å²) >= 11 is 6.25. The van der Waals surface area contributed by atoms with Crippen molar-refractivity contribution in [2.45, 2.75) is 26.2 Å². The number of nitrogens with zero attached hydrogens (tertiary/aromatic N) is 2. The van der Waals surface area contributed by atoms with Crippen molar-refractivity contribution >= 4 is 17.5 Å². The Morgan fingerprint density at radius 3 is 2.67 bits per heavy atom. The smallest absolute Gasteiger partial charge is 0.255 e. The van der Waals surface area contributed by atoms with Gasteiger partial charge in [-0.15, -0.1) is 0 Å². The second-order valence-electron chi connectivity index (χ2n) is 7.35. The molecule has 1 N–H and O–H groups in total. The Balaban J connectivity index is 1.72. The predicted octanol–water partition coefficient (Wildman–Crippen LogP) is 2.81. The maximum Gasteiger partial charge on any atom is 0.255 e. The molecule has 2 atom stereocenters. The highest BCUT2D eigenvalue weighted by Gasteiger charge is 2.32. The first-order valence-corrected chi connectivity index (χ1v) is 9.33. The average molecular weight is 351 g/mol. The highest BCUT2D eigenvalue weighted by Crippen LogP contribution is 2.27. The molecular weight excluding hydrogens is 324 g/mol. The highest BCUT2D eigenvalue weighted by atomic mass is 35.5. The predicted molar refractivity (Wildman–Crippen MR) is 96.4 cm³/mol. The molecule has 4 nitrogen and oxygen atoms in total. The summed E-state index contributed by atoms with van der Waals surface area (Å²) in [6, 6.07) is 5.57. The van der Waals surface area contributed by atoms with Crippen molar-refractivity contribution < 1.29 is 9.90 Å². The molecule has 0 saturated carbocycles. The molecule has 1 aromatic rings. The van der Waals surface area contributed by atoms with Gasteiger partial charge in [-0.05, 0) is 63.2 Å². The van der Waals surface area contributed by atoms with Gasteiger partial charge < -0.3 is 14.9 Å². The second-order valence-corrected chi connectivity index (χ2v) is 7.76. The van der Waals surface area contributed by atoms with E-state index in [4.69, 9.17) is 11.6 Å². The lowest BCUT2D eigenvalue weighted by Gasteiger charge is -2.38. The molecule has 2 aliphatic rings. The lowest BCUT2D eigenvalue weighted by atomic mass is 9.88. The van der Waals surface area contributed by atoms with E-state index < -0.39 is 0 Å². The number of carbonyl (C=O) groups is 1. The van der Waals surface area contributed by atoms with E-state index in [0.717, 1.165) is 38.2 Å². The molecule has 0 aliphatic carbocycles. The van der Waals surface area contributed by atoms with E-state index in [2.05, 4.69) is 4.90 Å². The van der Waals surface area contributed by atoms with Crippen LogP contribution in [0.5, 0.6) is 0 Å². The summed E-state index contributed by atoms with van der Waals surface area (Å²) in [5, 5.41) is 10.2. The fourth-order valence-corrected chi connectivity index (χ4v) is 4.25. The number of carbonyl (C=O) groups excluding carboxylic acids is 1. The molecule has 2 fully saturated rings. The Bertz CT molecular complexity index is 587. The SMILES string of the molecule is Cc1ccc(Cl)c(C(=O)N2C[C@@H](CO)C[C@@H](CN3CCCC3)C2)c1. The zero-order chi connectivity index (χ0) is 17.1. The minimum absolute atomic E-state index is 0.00623. The van der Waals surface area contributed by atoms with Gasteiger partial charge >= 0.3 is 0 Å². The quantitative estimate of drug-likeness (QED) is 0.908. The van der Waals surface area contributed by atoms with E-state index in [0.29, 0.717) is 23.0 Å². The van der Waals surface area contributed by atoms with Gasteiger partial charge in [0.15, 0.2) is 0 Å². The van der Waals surface area contributed by atoms with Crippen LogP contribution in [0.1, 0.15) is 35.2 Å². The van der Waals surface area contributed by atoms with E-state index in [1.165, 1.54) is 12.8 Å². The molecule has 2 saturated heterocycles. The minimum Gasteiger partial charge on any atom is -0.396 e. The van der Waals surface area contributed by atoms with Crippen molar-refractivity contribution in [3.63, 3.8) is 0 Å². The summed E-state index contributed by atoms with van der Waals surface area (Å²) in [4.78, 5) is 17.4. The van der Waals surface area contributed by atoms with Crippen LogP contribution < -0.4 is 0 Å². The molecule has 3 rings (SSSR count). The van der Waals surface area contributed by atoms with Gasteiger partial charge in [0, 0.05) is 26.2 Å². The molecule has 5 heteroatoms. The van der Waals surface area contributed by atoms with E-state index in [-0.39, 0.29) is 18.4 Å². The van der Waals surface area contributed by atoms with Crippen molar-refractivity contribution in [1.82, 2.24) is 9.80 Å². The number of aryl methyl sites for hydroxylation is 1. The summed E-state index contributed by atoms with van der Waals surface area (Å²) in [5.74, 6) is 0.591. The molecule has 0 radical (unpaired) electrons. The van der Waals surface area contributed by atoms with Crippen LogP contribution in [0, 0.1) is 18.8 Å². The molecule has 1 amide bonds. The first-order chi connectivity index (χ1) is 11.6. The normalized spacial score (nSPS) is 25.2. The molecule has 1 aromatic carbocycles. The van der Waals surface area contributed by atoms with Crippen LogP contribution in [-0.4, -0.2) is 60.1 Å². The number of hydrogen-bond acceptors (Lipinski definition) is 3. The van der Waals surface area contributed by atoms with Crippen LogP contribution in [0.2, 0.25) is 5.02 Å². The molecule has 0 bridgehead atoms. The molecule has 0 unspecified atom stereocenters. The van der Waals surface area contributed by atoms with Gasteiger partial charge in [-0.2, -0.15) is 0 Å². The van der Waals surface area contributed by atoms with Gasteiger partial charge in [0.2, 0.25) is 0 Å². The number of halogens is 1. The average Bonchev–Trinajstić information content (AvgIpc) is 3.09. The molecule has 132 valence electrons. The Hall–Kier alpha value is -1.10. The Labute approximate surface area is 149 Å². The first-order valence-electron chi connectivity index (χ1n) is 8.95. The molecular formula is C19H27ClN2O2. The largest absolute Gasteiger partial charge is 0.396 e. The lowest BCUT2D eigenvalue weighted by Crippen LogP contribution is -2.47. The zero-order valence-corrected chi connectivity index (χ0v) is 15.1. The maximum atomic E-state index is 13.0. The monoisotopic (exact) mass is 350 g/mol. The van der Waals surface area contributed by atoms with Crippen molar-refractivity contribution in [2.24, 2.45) is 11.8 Å². The summed E-state index contributed by atoms with van der Waals surface area (Å²) in [5.41, 5.74) is 1.61. The Morgan fingerprint density at radius 2 is 1.96 bits per heavy atom. The number of benzene rings is 1. The summed E-state index contributed by atoms with van der Waals surface area (Å²) in [6.07, 6.45) is 3.55. The minimum atomic E-state index is -0.00623. The number of piperidine rings is 1. The zero-order valence-electron chi connectivity index (χ0n) is 14.4. The van der Waals surface area contributed by atoms with Crippen LogP contribution in [0.3, 0.4) is 0 Å². The fraction of sp³-hybridized carbons (Fsp3) is 0.632. The summed E-state index contributed by atoms with van der Waals surface area (Å²) in [6.45, 7) is 6.85. The summed E-state index contributed by atoms with van der Waals surface area (Å²) in [7, 11) is 0. The third-order valence-electron chi connectivity index (χ3n) is 5.24. The van der Waals surface area contributed by atoms with E-state index in [1.807, 2.05) is 24.0 Å². The van der Waals surface area contributed by atoms with Crippen LogP contribution in [0.25, 0.3) is 0 Å². The lowest BCUT2D eigenvalue weighted by molar-refractivity contribution is 0.0465. The van der Waals surface area contributed by atoms with E-state index in [1.54, 1.807) is 6.07 Å². The van der Waals surface area contributed by atoms with E-state index >= 15 is 0 Å². The van der Waals surface area contributed by atoms with Gasteiger partial charge in [-0.25, -0.2) is 0 Å². The number of rotatable bonds is 4. The third-order valence-corrected chi connectivity index (χ3v) is 5.57. The standard InChI is InChI=1S/C19H27ClN2O2/c1-14-4-5-18(20)17(8-14)19(24)22-11-15(9-16(12-22)13-23)10-21-6-2-3-7-21/h4-5,8,15-16,23H,2-3,6-7,9-13H2,1H3/t15-,16-/m0/s1. The highest BCUT2D eigenvalue weighted by molar-refractivity contribution is 6.33. The molecule has 2 heterocycles. The fourth-order valence-electron chi connectivity index (χ4n) is 4.05. The third kappa shape index (κ3) is 4.11. The van der Waals surface area contributed by atoms with Gasteiger partial charge in [-0.3, -0.25) is 4.79 Å². The first kappa shape index (κ1) is 17.7. The number of likely N-dealkylation sites (tertiary alicyclic amines) is 2. The van der Waals surface area contributed by atoms with Gasteiger partial charge in [0.05, 0.1) is 10.6 Å². The molecule has 0 aromatic heterocycles. The number of hydrogen-bond donors (Lipinski definition) is 1. The van der Waals surface area contributed by atoms with E-state index in [9.17, 15) is 9.90 Å². The van der Waals surface area contributed by atoms with Crippen LogP contribution in [0.15, 0.2) is 18.2 Å². The topological polar surface area (TPSA) is 43.8 Å². The molecule has 0 spiro atoms. The molecule has 24 heavy (non-hydrogen) atoms. The van der Waals surface area contributed by atoms with Gasteiger partial charge in [0.25, 0.3) is 5.91 Å². The summed E-state index contributed by atoms with van der Waals surface area (Å²) < 4.78 is 0. The maximum absolute atomic E-state index is 13.0. The van der Waals surface area contributed by atoms with Crippen molar-refractivity contribution in [2.75, 3.05) is 39.3 Å². The van der Waals surface area contributed by atoms with Crippen LogP contribution >= 0.6 is 11.6 Å². The van der Waals surface area contributed by atoms with Gasteiger partial charge in [0.1, 0.15) is 0 Å². The number of aliphatic hydroxyl groups is 1. The number of amides is 1. The van der Waals surface area contributed by atoms with Crippen LogP contribution in [0.4, 0.5) is 0 Å². The second kappa shape index (κ2) is 7.85. The van der Waals surface area contributed by atoms with Crippen molar-refractivity contribution in [3.05, 3.63) is 34.3 Å². The van der Waals surface area contributed by atoms with Gasteiger partial charge in [-0.1, -0.05) is 23.2 Å². The van der Waals surface area contributed by atoms with Crippen LogP contribution in [-0.2, 0) is 0 Å². The van der Waals surface area contributed by atoms with Crippen molar-refractivity contribution in [1.29, 1.82) is 0 Å². The van der Waals surface area contributed by atoms with Crippen molar-refractivity contribution in [3.8, 4) is 0 Å². The Kier molecular flexibility index (Phi) is 5.80.